The molecular formula is C20H16O2. The van der Waals surface area contributed by atoms with Crippen molar-refractivity contribution in [2.75, 3.05) is 0 Å². The second kappa shape index (κ2) is 6.27. The van der Waals surface area contributed by atoms with Crippen molar-refractivity contribution in [1.29, 1.82) is 0 Å². The van der Waals surface area contributed by atoms with Gasteiger partial charge in [-0.05, 0) is 47.0 Å². The first-order chi connectivity index (χ1) is 10.7. The molecule has 0 heterocycles. The second-order valence-electron chi connectivity index (χ2n) is 5.14. The van der Waals surface area contributed by atoms with Crippen molar-refractivity contribution in [2.24, 2.45) is 0 Å². The van der Waals surface area contributed by atoms with Crippen LogP contribution in [0.5, 0.6) is 5.75 Å². The highest BCUT2D eigenvalue weighted by Crippen LogP contribution is 2.20. The van der Waals surface area contributed by atoms with Gasteiger partial charge in [0.05, 0.1) is 0 Å². The van der Waals surface area contributed by atoms with Crippen LogP contribution < -0.4 is 4.74 Å². The molecule has 0 spiro atoms. The van der Waals surface area contributed by atoms with Crippen molar-refractivity contribution in [2.45, 2.75) is 6.92 Å². The van der Waals surface area contributed by atoms with E-state index in [2.05, 4.69) is 12.1 Å². The topological polar surface area (TPSA) is 26.3 Å². The van der Waals surface area contributed by atoms with E-state index in [1.54, 1.807) is 12.1 Å². The van der Waals surface area contributed by atoms with Crippen LogP contribution in [0.3, 0.4) is 0 Å². The molecule has 22 heavy (non-hydrogen) atoms. The summed E-state index contributed by atoms with van der Waals surface area (Å²) in [6, 6.07) is 21.5. The largest absolute Gasteiger partial charge is 0.423 e. The smallest absolute Gasteiger partial charge is 0.336 e. The monoisotopic (exact) mass is 288 g/mol. The molecule has 0 N–H and O–H groups in total. The molecule has 0 aliphatic rings. The lowest BCUT2D eigenvalue weighted by Crippen LogP contribution is -2.03. The maximum atomic E-state index is 11.9. The van der Waals surface area contributed by atoms with Gasteiger partial charge in [0.25, 0.3) is 0 Å². The maximum Gasteiger partial charge on any atom is 0.336 e. The first kappa shape index (κ1) is 14.1. The molecule has 3 aromatic carbocycles. The van der Waals surface area contributed by atoms with E-state index in [0.717, 1.165) is 21.9 Å². The molecule has 0 saturated carbocycles. The lowest BCUT2D eigenvalue weighted by molar-refractivity contribution is -0.128. The average molecular weight is 288 g/mol. The van der Waals surface area contributed by atoms with Crippen LogP contribution in [0.25, 0.3) is 16.8 Å². The summed E-state index contributed by atoms with van der Waals surface area (Å²) in [7, 11) is 0. The fourth-order valence-electron chi connectivity index (χ4n) is 2.38. The number of benzene rings is 3. The van der Waals surface area contributed by atoms with E-state index < -0.39 is 0 Å². The number of rotatable bonds is 3. The molecule has 3 rings (SSSR count). The molecule has 108 valence electrons. The van der Waals surface area contributed by atoms with Gasteiger partial charge in [0.15, 0.2) is 0 Å². The molecule has 0 amide bonds. The van der Waals surface area contributed by atoms with Gasteiger partial charge in [-0.1, -0.05) is 54.6 Å². The van der Waals surface area contributed by atoms with Gasteiger partial charge >= 0.3 is 5.97 Å². The number of carbonyl (C=O) groups excluding carboxylic acids is 1. The summed E-state index contributed by atoms with van der Waals surface area (Å²) in [4.78, 5) is 11.9. The lowest BCUT2D eigenvalue weighted by Gasteiger charge is -2.03. The fourth-order valence-corrected chi connectivity index (χ4v) is 2.38. The summed E-state index contributed by atoms with van der Waals surface area (Å²) in [6.45, 7) is 1.96. The number of hydrogen-bond donors (Lipinski definition) is 0. The minimum absolute atomic E-state index is 0.376. The summed E-state index contributed by atoms with van der Waals surface area (Å²) < 4.78 is 5.30. The Morgan fingerprint density at radius 1 is 0.955 bits per heavy atom. The predicted molar refractivity (Wildman–Crippen MR) is 89.8 cm³/mol. The summed E-state index contributed by atoms with van der Waals surface area (Å²) in [6.07, 6.45) is 3.25. The Morgan fingerprint density at radius 2 is 1.73 bits per heavy atom. The molecule has 0 aliphatic heterocycles. The summed E-state index contributed by atoms with van der Waals surface area (Å²) in [5, 5.41) is 2.27. The molecule has 0 bridgehead atoms. The highest BCUT2D eigenvalue weighted by Gasteiger charge is 2.02. The van der Waals surface area contributed by atoms with Gasteiger partial charge in [-0.25, -0.2) is 4.79 Å². The van der Waals surface area contributed by atoms with Crippen LogP contribution in [0.4, 0.5) is 0 Å². The molecule has 0 unspecified atom stereocenters. The molecule has 0 saturated heterocycles. The van der Waals surface area contributed by atoms with Crippen LogP contribution in [0.15, 0.2) is 72.8 Å². The molecule has 0 aromatic heterocycles. The van der Waals surface area contributed by atoms with Gasteiger partial charge in [-0.3, -0.25) is 0 Å². The van der Waals surface area contributed by atoms with Crippen molar-refractivity contribution >= 4 is 22.8 Å². The SMILES string of the molecule is Cc1cccc(OC(=O)/C=C/c2cccc3ccccc23)c1. The van der Waals surface area contributed by atoms with Crippen molar-refractivity contribution < 1.29 is 9.53 Å². The molecule has 0 fully saturated rings. The van der Waals surface area contributed by atoms with Crippen molar-refractivity contribution in [3.63, 3.8) is 0 Å². The average Bonchev–Trinajstić information content (AvgIpc) is 2.53. The van der Waals surface area contributed by atoms with Gasteiger partial charge < -0.3 is 4.74 Å². The van der Waals surface area contributed by atoms with Crippen LogP contribution in [0, 0.1) is 6.92 Å². The zero-order valence-electron chi connectivity index (χ0n) is 12.3. The number of carbonyl (C=O) groups is 1. The zero-order valence-corrected chi connectivity index (χ0v) is 12.3. The Labute approximate surface area is 129 Å². The van der Waals surface area contributed by atoms with Crippen molar-refractivity contribution in [3.05, 3.63) is 83.9 Å². The highest BCUT2D eigenvalue weighted by atomic mass is 16.5. The predicted octanol–water partition coefficient (Wildman–Crippen LogP) is 4.77. The third-order valence-corrected chi connectivity index (χ3v) is 3.43. The lowest BCUT2D eigenvalue weighted by atomic mass is 10.0. The quantitative estimate of drug-likeness (QED) is 0.394. The Balaban J connectivity index is 1.79. The molecule has 0 aliphatic carbocycles. The fraction of sp³-hybridized carbons (Fsp3) is 0.0500. The minimum atomic E-state index is -0.376. The minimum Gasteiger partial charge on any atom is -0.423 e. The normalized spacial score (nSPS) is 11.0. The maximum absolute atomic E-state index is 11.9. The molecule has 2 heteroatoms. The van der Waals surface area contributed by atoms with E-state index in [-0.39, 0.29) is 5.97 Å². The summed E-state index contributed by atoms with van der Waals surface area (Å²) >= 11 is 0. The Morgan fingerprint density at radius 3 is 2.59 bits per heavy atom. The van der Waals surface area contributed by atoms with E-state index in [1.807, 2.05) is 55.5 Å². The first-order valence-electron chi connectivity index (χ1n) is 7.17. The second-order valence-corrected chi connectivity index (χ2v) is 5.14. The standard InChI is InChI=1S/C20H16O2/c1-15-6-4-10-18(14-15)22-20(21)13-12-17-9-5-8-16-7-2-3-11-19(16)17/h2-14H,1H3/b13-12+. The Kier molecular flexibility index (Phi) is 4.01. The number of esters is 1. The third-order valence-electron chi connectivity index (χ3n) is 3.43. The molecule has 0 radical (unpaired) electrons. The van der Waals surface area contributed by atoms with Gasteiger partial charge in [-0.15, -0.1) is 0 Å². The number of aryl methyl sites for hydroxylation is 1. The van der Waals surface area contributed by atoms with Crippen LogP contribution >= 0.6 is 0 Å². The summed E-state index contributed by atoms with van der Waals surface area (Å²) in [5.74, 6) is 0.186. The van der Waals surface area contributed by atoms with Gasteiger partial charge in [-0.2, -0.15) is 0 Å². The third kappa shape index (κ3) is 3.23. The van der Waals surface area contributed by atoms with E-state index in [9.17, 15) is 4.79 Å². The van der Waals surface area contributed by atoms with Gasteiger partial charge in [0.2, 0.25) is 0 Å². The first-order valence-corrected chi connectivity index (χ1v) is 7.17. The number of hydrogen-bond acceptors (Lipinski definition) is 2. The van der Waals surface area contributed by atoms with Gasteiger partial charge in [0.1, 0.15) is 5.75 Å². The zero-order chi connectivity index (χ0) is 15.4. The Bertz CT molecular complexity index is 842. The van der Waals surface area contributed by atoms with Crippen LogP contribution in [0.2, 0.25) is 0 Å². The Hall–Kier alpha value is -2.87. The molecule has 3 aromatic rings. The van der Waals surface area contributed by atoms with Crippen LogP contribution in [0.1, 0.15) is 11.1 Å². The van der Waals surface area contributed by atoms with Crippen molar-refractivity contribution in [3.8, 4) is 5.75 Å². The van der Waals surface area contributed by atoms with Crippen LogP contribution in [-0.4, -0.2) is 5.97 Å². The number of fused-ring (bicyclic) bond motifs is 1. The van der Waals surface area contributed by atoms with E-state index in [1.165, 1.54) is 6.08 Å². The van der Waals surface area contributed by atoms with Crippen molar-refractivity contribution in [1.82, 2.24) is 0 Å². The highest BCUT2D eigenvalue weighted by molar-refractivity contribution is 5.95. The van der Waals surface area contributed by atoms with E-state index in [4.69, 9.17) is 4.74 Å². The summed E-state index contributed by atoms with van der Waals surface area (Å²) in [5.41, 5.74) is 2.06. The van der Waals surface area contributed by atoms with E-state index >= 15 is 0 Å². The molecule has 2 nitrogen and oxygen atoms in total. The van der Waals surface area contributed by atoms with E-state index in [0.29, 0.717) is 5.75 Å². The van der Waals surface area contributed by atoms with Gasteiger partial charge in [0, 0.05) is 6.08 Å². The molecule has 0 atom stereocenters. The number of ether oxygens (including phenoxy) is 1. The van der Waals surface area contributed by atoms with Crippen LogP contribution in [-0.2, 0) is 4.79 Å². The molecular weight excluding hydrogens is 272 g/mol.